The zero-order valence-corrected chi connectivity index (χ0v) is 22.4. The van der Waals surface area contributed by atoms with Gasteiger partial charge >= 0.3 is 0 Å². The van der Waals surface area contributed by atoms with Crippen LogP contribution in [0.4, 0.5) is 0 Å². The van der Waals surface area contributed by atoms with Gasteiger partial charge in [0.25, 0.3) is 0 Å². The van der Waals surface area contributed by atoms with Crippen LogP contribution in [0.5, 0.6) is 0 Å². The van der Waals surface area contributed by atoms with Gasteiger partial charge in [-0.25, -0.2) is 0 Å². The summed E-state index contributed by atoms with van der Waals surface area (Å²) in [5.41, 5.74) is 5.33. The summed E-state index contributed by atoms with van der Waals surface area (Å²) in [6.07, 6.45) is 17.9. The van der Waals surface area contributed by atoms with E-state index in [1.807, 2.05) is 0 Å². The van der Waals surface area contributed by atoms with Crippen LogP contribution in [-0.4, -0.2) is 85.8 Å². The standard InChI is InChI=1S/C27H57NO6/c1-2-3-4-5-6-7-8-9-10-11-12-13-14-16-29-18-20-31-22-24-33-26-27-34-25-23-32-21-19-30-17-15-28/h2-28H2,1H3. The molecule has 34 heavy (non-hydrogen) atoms. The molecule has 0 aromatic heterocycles. The second-order valence-electron chi connectivity index (χ2n) is 8.71. The van der Waals surface area contributed by atoms with Gasteiger partial charge in [-0.1, -0.05) is 84.0 Å². The fraction of sp³-hybridized carbons (Fsp3) is 1.00. The van der Waals surface area contributed by atoms with Gasteiger partial charge in [0.2, 0.25) is 0 Å². The molecule has 0 spiro atoms. The molecule has 0 bridgehead atoms. The van der Waals surface area contributed by atoms with E-state index < -0.39 is 0 Å². The number of unbranched alkanes of at least 4 members (excludes halogenated alkanes) is 12. The van der Waals surface area contributed by atoms with Gasteiger partial charge in [0, 0.05) is 13.2 Å². The van der Waals surface area contributed by atoms with Gasteiger partial charge in [-0.15, -0.1) is 0 Å². The molecule has 0 aromatic rings. The van der Waals surface area contributed by atoms with E-state index in [0.29, 0.717) is 79.2 Å². The lowest BCUT2D eigenvalue weighted by Gasteiger charge is -2.08. The Hall–Kier alpha value is -0.280. The van der Waals surface area contributed by atoms with Gasteiger partial charge in [0.05, 0.1) is 72.7 Å². The molecule has 0 unspecified atom stereocenters. The van der Waals surface area contributed by atoms with Crippen molar-refractivity contribution in [2.45, 2.75) is 90.4 Å². The van der Waals surface area contributed by atoms with Crippen molar-refractivity contribution >= 4 is 0 Å². The van der Waals surface area contributed by atoms with E-state index in [9.17, 15) is 0 Å². The van der Waals surface area contributed by atoms with E-state index in [1.54, 1.807) is 0 Å². The van der Waals surface area contributed by atoms with E-state index in [0.717, 1.165) is 13.0 Å². The predicted octanol–water partition coefficient (Wildman–Crippen LogP) is 5.14. The molecule has 0 aliphatic carbocycles. The Kier molecular flexibility index (Phi) is 32.5. The Labute approximate surface area is 210 Å². The highest BCUT2D eigenvalue weighted by atomic mass is 16.6. The summed E-state index contributed by atoms with van der Waals surface area (Å²) in [4.78, 5) is 0. The van der Waals surface area contributed by atoms with Crippen molar-refractivity contribution in [3.63, 3.8) is 0 Å². The van der Waals surface area contributed by atoms with Gasteiger partial charge in [-0.2, -0.15) is 0 Å². The first-order valence-electron chi connectivity index (χ1n) is 14.1. The molecule has 7 heteroatoms. The first-order valence-corrected chi connectivity index (χ1v) is 14.1. The van der Waals surface area contributed by atoms with Gasteiger partial charge in [0.1, 0.15) is 0 Å². The lowest BCUT2D eigenvalue weighted by atomic mass is 10.0. The van der Waals surface area contributed by atoms with Crippen molar-refractivity contribution < 1.29 is 28.4 Å². The van der Waals surface area contributed by atoms with Gasteiger partial charge < -0.3 is 34.2 Å². The van der Waals surface area contributed by atoms with E-state index >= 15 is 0 Å². The minimum atomic E-state index is 0.543. The summed E-state index contributed by atoms with van der Waals surface area (Å²) in [6, 6.07) is 0. The van der Waals surface area contributed by atoms with Crippen LogP contribution in [0.2, 0.25) is 0 Å². The number of hydrogen-bond donors (Lipinski definition) is 1. The fourth-order valence-corrected chi connectivity index (χ4v) is 3.51. The molecule has 206 valence electrons. The zero-order valence-electron chi connectivity index (χ0n) is 22.4. The lowest BCUT2D eigenvalue weighted by Crippen LogP contribution is -2.15. The van der Waals surface area contributed by atoms with Crippen molar-refractivity contribution in [3.05, 3.63) is 0 Å². The third-order valence-electron chi connectivity index (χ3n) is 5.51. The highest BCUT2D eigenvalue weighted by molar-refractivity contribution is 4.49. The molecule has 0 aliphatic rings. The molecular formula is C27H57NO6. The van der Waals surface area contributed by atoms with E-state index in [4.69, 9.17) is 34.2 Å². The number of ether oxygens (including phenoxy) is 6. The average Bonchev–Trinajstić information content (AvgIpc) is 2.85. The zero-order chi connectivity index (χ0) is 24.6. The Morgan fingerprint density at radius 2 is 0.588 bits per heavy atom. The summed E-state index contributed by atoms with van der Waals surface area (Å²) in [5, 5.41) is 0. The third-order valence-corrected chi connectivity index (χ3v) is 5.51. The minimum absolute atomic E-state index is 0.543. The van der Waals surface area contributed by atoms with Gasteiger partial charge in [0.15, 0.2) is 0 Å². The van der Waals surface area contributed by atoms with Gasteiger partial charge in [-0.3, -0.25) is 0 Å². The molecule has 0 amide bonds. The highest BCUT2D eigenvalue weighted by Gasteiger charge is 1.96. The second-order valence-corrected chi connectivity index (χ2v) is 8.71. The second kappa shape index (κ2) is 32.7. The number of nitrogens with two attached hydrogens (primary N) is 1. The van der Waals surface area contributed by atoms with E-state index in [2.05, 4.69) is 6.92 Å². The number of rotatable bonds is 31. The van der Waals surface area contributed by atoms with Crippen LogP contribution in [0.15, 0.2) is 0 Å². The maximum absolute atomic E-state index is 5.64. The van der Waals surface area contributed by atoms with Crippen LogP contribution in [0, 0.1) is 0 Å². The predicted molar refractivity (Wildman–Crippen MR) is 140 cm³/mol. The molecule has 0 aromatic carbocycles. The summed E-state index contributed by atoms with van der Waals surface area (Å²) < 4.78 is 32.7. The van der Waals surface area contributed by atoms with Crippen molar-refractivity contribution in [2.75, 3.05) is 85.8 Å². The molecule has 7 nitrogen and oxygen atoms in total. The normalized spacial score (nSPS) is 11.5. The van der Waals surface area contributed by atoms with Crippen LogP contribution in [0.25, 0.3) is 0 Å². The van der Waals surface area contributed by atoms with Crippen LogP contribution in [0.3, 0.4) is 0 Å². The largest absolute Gasteiger partial charge is 0.379 e. The molecule has 0 rings (SSSR count). The summed E-state index contributed by atoms with van der Waals surface area (Å²) >= 11 is 0. The van der Waals surface area contributed by atoms with E-state index in [-0.39, 0.29) is 0 Å². The first-order chi connectivity index (χ1) is 16.9. The molecule has 0 fully saturated rings. The first kappa shape index (κ1) is 33.7. The maximum Gasteiger partial charge on any atom is 0.0701 e. The summed E-state index contributed by atoms with van der Waals surface area (Å²) in [7, 11) is 0. The van der Waals surface area contributed by atoms with Crippen LogP contribution in [0.1, 0.15) is 90.4 Å². The van der Waals surface area contributed by atoms with Crippen molar-refractivity contribution in [3.8, 4) is 0 Å². The smallest absolute Gasteiger partial charge is 0.0701 e. The average molecular weight is 492 g/mol. The molecule has 0 heterocycles. The maximum atomic E-state index is 5.64. The molecule has 0 aliphatic heterocycles. The van der Waals surface area contributed by atoms with Gasteiger partial charge in [-0.05, 0) is 6.42 Å². The Balaban J connectivity index is 2.99. The lowest BCUT2D eigenvalue weighted by molar-refractivity contribution is -0.0165. The summed E-state index contributed by atoms with van der Waals surface area (Å²) in [5.74, 6) is 0. The number of hydrogen-bond acceptors (Lipinski definition) is 7. The molecule has 0 saturated carbocycles. The monoisotopic (exact) mass is 491 g/mol. The summed E-state index contributed by atoms with van der Waals surface area (Å²) in [6.45, 7) is 10.1. The SMILES string of the molecule is CCCCCCCCCCCCCCCOCCOCCOCCOCCOCCOCCN. The van der Waals surface area contributed by atoms with Crippen LogP contribution >= 0.6 is 0 Å². The quantitative estimate of drug-likeness (QED) is 0.135. The fourth-order valence-electron chi connectivity index (χ4n) is 3.51. The highest BCUT2D eigenvalue weighted by Crippen LogP contribution is 2.12. The Morgan fingerprint density at radius 3 is 0.912 bits per heavy atom. The molecule has 2 N–H and O–H groups in total. The molecular weight excluding hydrogens is 434 g/mol. The molecule has 0 saturated heterocycles. The molecule has 0 radical (unpaired) electrons. The molecule has 0 atom stereocenters. The van der Waals surface area contributed by atoms with E-state index in [1.165, 1.54) is 77.0 Å². The van der Waals surface area contributed by atoms with Crippen LogP contribution < -0.4 is 5.73 Å². The topological polar surface area (TPSA) is 81.4 Å². The van der Waals surface area contributed by atoms with Crippen molar-refractivity contribution in [2.24, 2.45) is 5.73 Å². The van der Waals surface area contributed by atoms with Crippen LogP contribution in [-0.2, 0) is 28.4 Å². The Morgan fingerprint density at radius 1 is 0.324 bits per heavy atom. The Bertz CT molecular complexity index is 317. The van der Waals surface area contributed by atoms with Crippen molar-refractivity contribution in [1.29, 1.82) is 0 Å². The minimum Gasteiger partial charge on any atom is -0.379 e. The third kappa shape index (κ3) is 31.7. The van der Waals surface area contributed by atoms with Crippen molar-refractivity contribution in [1.82, 2.24) is 0 Å².